The fourth-order valence-electron chi connectivity index (χ4n) is 2.05. The zero-order valence-electron chi connectivity index (χ0n) is 9.56. The van der Waals surface area contributed by atoms with Crippen molar-refractivity contribution in [2.24, 2.45) is 5.92 Å². The number of piperidine rings is 1. The molecule has 0 aliphatic carbocycles. The Labute approximate surface area is 94.8 Å². The minimum atomic E-state index is 0.223. The van der Waals surface area contributed by atoms with Crippen molar-refractivity contribution in [3.8, 4) is 0 Å². The third kappa shape index (κ3) is 2.88. The lowest BCUT2D eigenvalue weighted by atomic mass is 9.94. The second-order valence-corrected chi connectivity index (χ2v) is 4.43. The highest BCUT2D eigenvalue weighted by Gasteiger charge is 2.19. The lowest BCUT2D eigenvalue weighted by Crippen LogP contribution is -2.31. The van der Waals surface area contributed by atoms with Gasteiger partial charge < -0.3 is 14.2 Å². The molecule has 2 rings (SSSR count). The van der Waals surface area contributed by atoms with Crippen LogP contribution in [-0.2, 0) is 17.6 Å². The number of aromatic nitrogens is 2. The first-order valence-corrected chi connectivity index (χ1v) is 5.71. The normalized spacial score (nSPS) is 18.8. The summed E-state index contributed by atoms with van der Waals surface area (Å²) >= 11 is 0. The Hall–Kier alpha value is -1.23. The molecule has 0 atom stereocenters. The van der Waals surface area contributed by atoms with E-state index in [4.69, 9.17) is 4.52 Å². The smallest absolute Gasteiger partial charge is 0.233 e. The summed E-state index contributed by atoms with van der Waals surface area (Å²) in [7, 11) is 2.15. The van der Waals surface area contributed by atoms with Gasteiger partial charge in [-0.25, -0.2) is 0 Å². The summed E-state index contributed by atoms with van der Waals surface area (Å²) < 4.78 is 4.96. The maximum absolute atomic E-state index is 10.3. The summed E-state index contributed by atoms with van der Waals surface area (Å²) in [5.74, 6) is 1.82. The molecule has 5 nitrogen and oxygen atoms in total. The van der Waals surface area contributed by atoms with Crippen LogP contribution in [0.25, 0.3) is 0 Å². The van der Waals surface area contributed by atoms with E-state index in [1.165, 1.54) is 12.8 Å². The van der Waals surface area contributed by atoms with Gasteiger partial charge in [-0.05, 0) is 38.9 Å². The van der Waals surface area contributed by atoms with Crippen molar-refractivity contribution in [3.05, 3.63) is 11.7 Å². The molecule has 0 unspecified atom stereocenters. The number of likely N-dealkylation sites (tertiary alicyclic amines) is 1. The van der Waals surface area contributed by atoms with Crippen molar-refractivity contribution < 1.29 is 9.32 Å². The van der Waals surface area contributed by atoms with E-state index in [2.05, 4.69) is 22.1 Å². The molecule has 1 saturated heterocycles. The fourth-order valence-corrected chi connectivity index (χ4v) is 2.05. The predicted octanol–water partition coefficient (Wildman–Crippen LogP) is 0.695. The summed E-state index contributed by atoms with van der Waals surface area (Å²) in [6.45, 7) is 2.29. The van der Waals surface area contributed by atoms with Crippen LogP contribution in [0.1, 0.15) is 24.6 Å². The topological polar surface area (TPSA) is 59.2 Å². The summed E-state index contributed by atoms with van der Waals surface area (Å²) in [5.41, 5.74) is 0. The van der Waals surface area contributed by atoms with E-state index in [1.807, 2.05) is 0 Å². The van der Waals surface area contributed by atoms with Crippen molar-refractivity contribution in [1.82, 2.24) is 15.0 Å². The Kier molecular flexibility index (Phi) is 3.66. The van der Waals surface area contributed by atoms with Gasteiger partial charge in [0.15, 0.2) is 5.82 Å². The van der Waals surface area contributed by atoms with E-state index in [1.54, 1.807) is 0 Å². The minimum absolute atomic E-state index is 0.223. The second kappa shape index (κ2) is 5.21. The lowest BCUT2D eigenvalue weighted by Gasteiger charge is -2.27. The van der Waals surface area contributed by atoms with Crippen molar-refractivity contribution in [2.75, 3.05) is 20.1 Å². The number of nitrogens with zero attached hydrogens (tertiary/aromatic N) is 3. The molecule has 0 radical (unpaired) electrons. The van der Waals surface area contributed by atoms with E-state index < -0.39 is 0 Å². The summed E-state index contributed by atoms with van der Waals surface area (Å²) in [6, 6.07) is 0. The Morgan fingerprint density at radius 1 is 1.50 bits per heavy atom. The molecule has 88 valence electrons. The second-order valence-electron chi connectivity index (χ2n) is 4.43. The molecular weight excluding hydrogens is 206 g/mol. The van der Waals surface area contributed by atoms with Crippen LogP contribution in [0.2, 0.25) is 0 Å². The molecule has 0 N–H and O–H groups in total. The Morgan fingerprint density at radius 3 is 2.94 bits per heavy atom. The van der Waals surface area contributed by atoms with Crippen molar-refractivity contribution in [2.45, 2.75) is 25.7 Å². The van der Waals surface area contributed by atoms with Crippen molar-refractivity contribution in [1.29, 1.82) is 0 Å². The van der Waals surface area contributed by atoms with E-state index in [0.29, 0.717) is 11.8 Å². The van der Waals surface area contributed by atoms with E-state index >= 15 is 0 Å². The van der Waals surface area contributed by atoms with Crippen LogP contribution in [0.5, 0.6) is 0 Å². The third-order valence-electron chi connectivity index (χ3n) is 3.08. The Morgan fingerprint density at radius 2 is 2.25 bits per heavy atom. The number of rotatable bonds is 4. The third-order valence-corrected chi connectivity index (χ3v) is 3.08. The fraction of sp³-hybridized carbons (Fsp3) is 0.727. The molecule has 1 aromatic heterocycles. The number of hydrogen-bond donors (Lipinski definition) is 0. The highest BCUT2D eigenvalue weighted by Crippen LogP contribution is 2.19. The highest BCUT2D eigenvalue weighted by molar-refractivity contribution is 5.52. The molecule has 5 heteroatoms. The van der Waals surface area contributed by atoms with E-state index in [9.17, 15) is 4.79 Å². The monoisotopic (exact) mass is 223 g/mol. The average Bonchev–Trinajstić information content (AvgIpc) is 2.70. The molecule has 0 saturated carbocycles. The van der Waals surface area contributed by atoms with Crippen LogP contribution in [0.15, 0.2) is 4.52 Å². The maximum atomic E-state index is 10.3. The molecule has 1 aliphatic rings. The zero-order valence-corrected chi connectivity index (χ0v) is 9.56. The predicted molar refractivity (Wildman–Crippen MR) is 58.0 cm³/mol. The van der Waals surface area contributed by atoms with Gasteiger partial charge in [0.25, 0.3) is 0 Å². The van der Waals surface area contributed by atoms with Crippen molar-refractivity contribution >= 4 is 6.29 Å². The summed E-state index contributed by atoms with van der Waals surface area (Å²) in [6.07, 6.45) is 4.26. The number of hydrogen-bond acceptors (Lipinski definition) is 5. The van der Waals surface area contributed by atoms with Crippen molar-refractivity contribution in [3.63, 3.8) is 0 Å². The minimum Gasteiger partial charge on any atom is -0.339 e. The first-order chi connectivity index (χ1) is 7.78. The van der Waals surface area contributed by atoms with Gasteiger partial charge >= 0.3 is 0 Å². The Balaban J connectivity index is 1.86. The van der Waals surface area contributed by atoms with E-state index in [0.717, 1.165) is 31.6 Å². The summed E-state index contributed by atoms with van der Waals surface area (Å²) in [4.78, 5) is 16.8. The van der Waals surface area contributed by atoms with Gasteiger partial charge in [0, 0.05) is 6.42 Å². The molecule has 16 heavy (non-hydrogen) atoms. The summed E-state index contributed by atoms with van der Waals surface area (Å²) in [5, 5.41) is 3.89. The van der Waals surface area contributed by atoms with Gasteiger partial charge in [-0.1, -0.05) is 5.16 Å². The lowest BCUT2D eigenvalue weighted by molar-refractivity contribution is -0.107. The van der Waals surface area contributed by atoms with Crippen LogP contribution in [0.3, 0.4) is 0 Å². The van der Waals surface area contributed by atoms with Gasteiger partial charge in [0.2, 0.25) is 5.89 Å². The van der Waals surface area contributed by atoms with Gasteiger partial charge in [-0.15, -0.1) is 0 Å². The van der Waals surface area contributed by atoms with Crippen LogP contribution in [-0.4, -0.2) is 41.5 Å². The molecule has 0 amide bonds. The molecular formula is C11H17N3O2. The standard InChI is InChI=1S/C11H17N3O2/c1-14-5-2-9(3-6-14)8-10-12-11(4-7-15)16-13-10/h7,9H,2-6,8H2,1H3. The zero-order chi connectivity index (χ0) is 11.4. The van der Waals surface area contributed by atoms with Gasteiger partial charge in [0.1, 0.15) is 6.29 Å². The number of carbonyl (C=O) groups is 1. The van der Waals surface area contributed by atoms with Gasteiger partial charge in [-0.2, -0.15) is 4.98 Å². The number of aldehydes is 1. The van der Waals surface area contributed by atoms with Crippen LogP contribution < -0.4 is 0 Å². The number of carbonyl (C=O) groups excluding carboxylic acids is 1. The highest BCUT2D eigenvalue weighted by atomic mass is 16.5. The van der Waals surface area contributed by atoms with Gasteiger partial charge in [-0.3, -0.25) is 0 Å². The largest absolute Gasteiger partial charge is 0.339 e. The maximum Gasteiger partial charge on any atom is 0.233 e. The molecule has 1 aliphatic heterocycles. The molecule has 2 heterocycles. The molecule has 0 aromatic carbocycles. The van der Waals surface area contributed by atoms with Gasteiger partial charge in [0.05, 0.1) is 6.42 Å². The van der Waals surface area contributed by atoms with E-state index in [-0.39, 0.29) is 6.42 Å². The average molecular weight is 223 g/mol. The SMILES string of the molecule is CN1CCC(Cc2noc(CC=O)n2)CC1. The quantitative estimate of drug-likeness (QED) is 0.703. The van der Waals surface area contributed by atoms with Crippen LogP contribution >= 0.6 is 0 Å². The molecule has 1 fully saturated rings. The Bertz CT molecular complexity index is 343. The first-order valence-electron chi connectivity index (χ1n) is 5.71. The molecule has 0 spiro atoms. The first kappa shape index (κ1) is 11.3. The van der Waals surface area contributed by atoms with Crippen LogP contribution in [0.4, 0.5) is 0 Å². The van der Waals surface area contributed by atoms with Crippen LogP contribution in [0, 0.1) is 5.92 Å². The molecule has 1 aromatic rings. The molecule has 0 bridgehead atoms.